The molecule has 19 heavy (non-hydrogen) atoms. The third kappa shape index (κ3) is 3.41. The highest BCUT2D eigenvalue weighted by Gasteiger charge is 2.17. The number of nitrogens with one attached hydrogen (secondary N) is 1. The first-order valence-corrected chi connectivity index (χ1v) is 7.55. The van der Waals surface area contributed by atoms with Crippen LogP contribution < -0.4 is 15.1 Å². The molecule has 1 N–H and O–H groups in total. The molecule has 106 valence electrons. The van der Waals surface area contributed by atoms with Crippen molar-refractivity contribution >= 4 is 11.4 Å². The van der Waals surface area contributed by atoms with E-state index in [0.29, 0.717) is 6.04 Å². The summed E-state index contributed by atoms with van der Waals surface area (Å²) in [7, 11) is 2.07. The lowest BCUT2D eigenvalue weighted by Crippen LogP contribution is -2.41. The van der Waals surface area contributed by atoms with Gasteiger partial charge in [-0.2, -0.15) is 0 Å². The van der Waals surface area contributed by atoms with E-state index < -0.39 is 0 Å². The van der Waals surface area contributed by atoms with Gasteiger partial charge in [-0.25, -0.2) is 0 Å². The fraction of sp³-hybridized carbons (Fsp3) is 0.625. The fourth-order valence-corrected chi connectivity index (χ4v) is 2.89. The van der Waals surface area contributed by atoms with Crippen LogP contribution in [0.1, 0.15) is 26.7 Å². The molecule has 1 aromatic carbocycles. The van der Waals surface area contributed by atoms with E-state index in [2.05, 4.69) is 60.3 Å². The molecule has 0 saturated carbocycles. The van der Waals surface area contributed by atoms with Gasteiger partial charge in [0.05, 0.1) is 0 Å². The Bertz CT molecular complexity index is 362. The van der Waals surface area contributed by atoms with E-state index in [1.54, 1.807) is 0 Å². The molecule has 1 heterocycles. The van der Waals surface area contributed by atoms with Crippen molar-refractivity contribution < 1.29 is 0 Å². The molecule has 0 aliphatic carbocycles. The lowest BCUT2D eigenvalue weighted by molar-refractivity contribution is 0.442. The van der Waals surface area contributed by atoms with Crippen LogP contribution in [0.15, 0.2) is 24.3 Å². The van der Waals surface area contributed by atoms with E-state index >= 15 is 0 Å². The summed E-state index contributed by atoms with van der Waals surface area (Å²) in [6.45, 7) is 8.89. The van der Waals surface area contributed by atoms with E-state index in [-0.39, 0.29) is 0 Å². The van der Waals surface area contributed by atoms with Crippen LogP contribution in [-0.2, 0) is 0 Å². The SMILES string of the molecule is CCN(CC)c1ccc(N2CCC(NC)CC2)cc1. The van der Waals surface area contributed by atoms with Gasteiger partial charge in [0.25, 0.3) is 0 Å². The summed E-state index contributed by atoms with van der Waals surface area (Å²) in [6, 6.07) is 9.76. The van der Waals surface area contributed by atoms with Crippen molar-refractivity contribution in [1.29, 1.82) is 0 Å². The number of hydrogen-bond acceptors (Lipinski definition) is 3. The van der Waals surface area contributed by atoms with Crippen LogP contribution in [0.2, 0.25) is 0 Å². The topological polar surface area (TPSA) is 18.5 Å². The van der Waals surface area contributed by atoms with Crippen LogP contribution in [0.25, 0.3) is 0 Å². The Hall–Kier alpha value is -1.22. The van der Waals surface area contributed by atoms with Crippen LogP contribution in [-0.4, -0.2) is 39.3 Å². The Morgan fingerprint density at radius 2 is 1.68 bits per heavy atom. The zero-order valence-electron chi connectivity index (χ0n) is 12.5. The van der Waals surface area contributed by atoms with E-state index in [1.165, 1.54) is 24.2 Å². The second kappa shape index (κ2) is 6.80. The fourth-order valence-electron chi connectivity index (χ4n) is 2.89. The minimum Gasteiger partial charge on any atom is -0.372 e. The molecular formula is C16H27N3. The van der Waals surface area contributed by atoms with Crippen LogP contribution in [0.3, 0.4) is 0 Å². The molecule has 2 rings (SSSR count). The second-order valence-electron chi connectivity index (χ2n) is 5.24. The van der Waals surface area contributed by atoms with Crippen molar-refractivity contribution in [3.8, 4) is 0 Å². The molecule has 0 unspecified atom stereocenters. The monoisotopic (exact) mass is 261 g/mol. The van der Waals surface area contributed by atoms with Gasteiger partial charge in [0.15, 0.2) is 0 Å². The quantitative estimate of drug-likeness (QED) is 0.879. The van der Waals surface area contributed by atoms with Gasteiger partial charge in [0, 0.05) is 43.6 Å². The molecule has 1 aromatic rings. The van der Waals surface area contributed by atoms with E-state index in [4.69, 9.17) is 0 Å². The largest absolute Gasteiger partial charge is 0.372 e. The maximum atomic E-state index is 3.38. The van der Waals surface area contributed by atoms with Gasteiger partial charge in [0.2, 0.25) is 0 Å². The van der Waals surface area contributed by atoms with Gasteiger partial charge in [-0.1, -0.05) is 0 Å². The van der Waals surface area contributed by atoms with Gasteiger partial charge in [-0.3, -0.25) is 0 Å². The third-order valence-electron chi connectivity index (χ3n) is 4.25. The molecule has 0 amide bonds. The van der Waals surface area contributed by atoms with Crippen molar-refractivity contribution in [2.75, 3.05) is 43.0 Å². The van der Waals surface area contributed by atoms with Crippen LogP contribution >= 0.6 is 0 Å². The van der Waals surface area contributed by atoms with Crippen LogP contribution in [0.5, 0.6) is 0 Å². The number of benzene rings is 1. The van der Waals surface area contributed by atoms with Crippen molar-refractivity contribution in [3.63, 3.8) is 0 Å². The minimum absolute atomic E-state index is 0.700. The first kappa shape index (κ1) is 14.2. The Kier molecular flexibility index (Phi) is 5.08. The Balaban J connectivity index is 1.99. The van der Waals surface area contributed by atoms with Crippen molar-refractivity contribution in [2.24, 2.45) is 0 Å². The summed E-state index contributed by atoms with van der Waals surface area (Å²) in [4.78, 5) is 4.89. The highest BCUT2D eigenvalue weighted by Crippen LogP contribution is 2.23. The molecule has 3 nitrogen and oxygen atoms in total. The predicted octanol–water partition coefficient (Wildman–Crippen LogP) is 2.72. The molecule has 0 radical (unpaired) electrons. The van der Waals surface area contributed by atoms with Crippen LogP contribution in [0.4, 0.5) is 11.4 Å². The molecular weight excluding hydrogens is 234 g/mol. The average molecular weight is 261 g/mol. The third-order valence-corrected chi connectivity index (χ3v) is 4.25. The predicted molar refractivity (Wildman–Crippen MR) is 84.3 cm³/mol. The highest BCUT2D eigenvalue weighted by atomic mass is 15.1. The summed E-state index contributed by atoms with van der Waals surface area (Å²) in [5.74, 6) is 0. The summed E-state index contributed by atoms with van der Waals surface area (Å²) in [6.07, 6.45) is 2.49. The molecule has 0 spiro atoms. The maximum absolute atomic E-state index is 3.38. The molecule has 0 bridgehead atoms. The number of piperidine rings is 1. The van der Waals surface area contributed by atoms with Gasteiger partial charge < -0.3 is 15.1 Å². The standard InChI is InChI=1S/C16H27N3/c1-4-18(5-2)15-6-8-16(9-7-15)19-12-10-14(17-3)11-13-19/h6-9,14,17H,4-5,10-13H2,1-3H3. The summed E-state index contributed by atoms with van der Waals surface area (Å²) >= 11 is 0. The van der Waals surface area contributed by atoms with Gasteiger partial charge >= 0.3 is 0 Å². The Morgan fingerprint density at radius 3 is 2.16 bits per heavy atom. The first-order chi connectivity index (χ1) is 9.28. The number of anilines is 2. The number of rotatable bonds is 5. The Labute approximate surface area is 117 Å². The van der Waals surface area contributed by atoms with Gasteiger partial charge in [-0.15, -0.1) is 0 Å². The summed E-state index contributed by atoms with van der Waals surface area (Å²) < 4.78 is 0. The van der Waals surface area contributed by atoms with Crippen molar-refractivity contribution in [2.45, 2.75) is 32.7 Å². The van der Waals surface area contributed by atoms with Gasteiger partial charge in [-0.05, 0) is 58.0 Å². The first-order valence-electron chi connectivity index (χ1n) is 7.55. The van der Waals surface area contributed by atoms with Crippen molar-refractivity contribution in [3.05, 3.63) is 24.3 Å². The number of hydrogen-bond donors (Lipinski definition) is 1. The van der Waals surface area contributed by atoms with Crippen molar-refractivity contribution in [1.82, 2.24) is 5.32 Å². The zero-order chi connectivity index (χ0) is 13.7. The zero-order valence-corrected chi connectivity index (χ0v) is 12.5. The molecule has 0 atom stereocenters. The minimum atomic E-state index is 0.700. The van der Waals surface area contributed by atoms with E-state index in [9.17, 15) is 0 Å². The maximum Gasteiger partial charge on any atom is 0.0367 e. The smallest absolute Gasteiger partial charge is 0.0367 e. The lowest BCUT2D eigenvalue weighted by atomic mass is 10.0. The summed E-state index contributed by atoms with van der Waals surface area (Å²) in [5, 5.41) is 3.38. The van der Waals surface area contributed by atoms with E-state index in [1.807, 2.05) is 0 Å². The average Bonchev–Trinajstić information content (AvgIpc) is 2.49. The lowest BCUT2D eigenvalue weighted by Gasteiger charge is -2.33. The molecule has 1 saturated heterocycles. The highest BCUT2D eigenvalue weighted by molar-refractivity contribution is 5.56. The number of nitrogens with zero attached hydrogens (tertiary/aromatic N) is 2. The van der Waals surface area contributed by atoms with Gasteiger partial charge in [0.1, 0.15) is 0 Å². The second-order valence-corrected chi connectivity index (χ2v) is 5.24. The van der Waals surface area contributed by atoms with E-state index in [0.717, 1.165) is 26.2 Å². The normalized spacial score (nSPS) is 16.7. The molecule has 3 heteroatoms. The molecule has 1 aliphatic heterocycles. The van der Waals surface area contributed by atoms with Crippen LogP contribution in [0, 0.1) is 0 Å². The Morgan fingerprint density at radius 1 is 1.11 bits per heavy atom. The molecule has 1 aliphatic rings. The molecule has 0 aromatic heterocycles. The summed E-state index contributed by atoms with van der Waals surface area (Å²) in [5.41, 5.74) is 2.70. The molecule has 1 fully saturated rings.